The van der Waals surface area contributed by atoms with Gasteiger partial charge in [0.15, 0.2) is 0 Å². The first-order valence-corrected chi connectivity index (χ1v) is 5.69. The Hall–Kier alpha value is -1.95. The molecule has 0 aliphatic heterocycles. The molecule has 0 saturated heterocycles. The predicted molar refractivity (Wildman–Crippen MR) is 67.3 cm³/mol. The van der Waals surface area contributed by atoms with Crippen molar-refractivity contribution in [2.45, 2.75) is 32.4 Å². The monoisotopic (exact) mass is 249 g/mol. The van der Waals surface area contributed by atoms with E-state index in [1.807, 2.05) is 0 Å². The zero-order chi connectivity index (χ0) is 13.3. The smallest absolute Gasteiger partial charge is 0.271 e. The van der Waals surface area contributed by atoms with Crippen LogP contribution in [0.2, 0.25) is 0 Å². The Morgan fingerprint density at radius 3 is 2.83 bits per heavy atom. The molecule has 2 aromatic rings. The van der Waals surface area contributed by atoms with Crippen LogP contribution in [0.5, 0.6) is 0 Å². The third-order valence-corrected chi connectivity index (χ3v) is 2.77. The van der Waals surface area contributed by atoms with Gasteiger partial charge in [-0.2, -0.15) is 5.10 Å². The molecule has 0 saturated carbocycles. The number of fused-ring (bicyclic) bond motifs is 1. The first kappa shape index (κ1) is 12.5. The summed E-state index contributed by atoms with van der Waals surface area (Å²) < 4.78 is 1.68. The molecule has 1 aromatic heterocycles. The Balaban J connectivity index is 2.33. The number of nitro benzene ring substituents is 1. The quantitative estimate of drug-likeness (QED) is 0.664. The first-order valence-electron chi connectivity index (χ1n) is 5.69. The molecule has 1 aromatic carbocycles. The lowest BCUT2D eigenvalue weighted by Gasteiger charge is -2.16. The van der Waals surface area contributed by atoms with Crippen molar-refractivity contribution >= 4 is 16.6 Å². The van der Waals surface area contributed by atoms with Crippen molar-refractivity contribution in [1.29, 1.82) is 0 Å². The van der Waals surface area contributed by atoms with E-state index >= 15 is 0 Å². The average Bonchev–Trinajstić information content (AvgIpc) is 2.67. The van der Waals surface area contributed by atoms with E-state index in [0.717, 1.165) is 5.39 Å². The van der Waals surface area contributed by atoms with Gasteiger partial charge in [-0.25, -0.2) is 0 Å². The summed E-state index contributed by atoms with van der Waals surface area (Å²) in [5.41, 5.74) is -0.0140. The highest BCUT2D eigenvalue weighted by molar-refractivity contribution is 5.80. The van der Waals surface area contributed by atoms with Gasteiger partial charge in [0, 0.05) is 24.1 Å². The van der Waals surface area contributed by atoms with Crippen molar-refractivity contribution in [2.75, 3.05) is 0 Å². The number of aryl methyl sites for hydroxylation is 1. The van der Waals surface area contributed by atoms with E-state index in [4.69, 9.17) is 0 Å². The molecule has 0 fully saturated rings. The van der Waals surface area contributed by atoms with Gasteiger partial charge < -0.3 is 5.11 Å². The van der Waals surface area contributed by atoms with Gasteiger partial charge in [0.05, 0.1) is 22.2 Å². The molecular weight excluding hydrogens is 234 g/mol. The van der Waals surface area contributed by atoms with Crippen LogP contribution in [0.4, 0.5) is 5.69 Å². The van der Waals surface area contributed by atoms with Crippen LogP contribution in [0.1, 0.15) is 20.3 Å². The van der Waals surface area contributed by atoms with E-state index in [2.05, 4.69) is 5.10 Å². The maximum atomic E-state index is 10.7. The molecule has 0 spiro atoms. The van der Waals surface area contributed by atoms with Gasteiger partial charge in [-0.15, -0.1) is 0 Å². The van der Waals surface area contributed by atoms with E-state index < -0.39 is 10.5 Å². The minimum absolute atomic E-state index is 0.0486. The summed E-state index contributed by atoms with van der Waals surface area (Å²) in [4.78, 5) is 10.3. The number of hydrogen-bond acceptors (Lipinski definition) is 4. The second-order valence-corrected chi connectivity index (χ2v) is 4.93. The van der Waals surface area contributed by atoms with Gasteiger partial charge in [0.1, 0.15) is 0 Å². The van der Waals surface area contributed by atoms with Crippen LogP contribution >= 0.6 is 0 Å². The van der Waals surface area contributed by atoms with Crippen molar-refractivity contribution < 1.29 is 10.0 Å². The second-order valence-electron chi connectivity index (χ2n) is 4.93. The summed E-state index contributed by atoms with van der Waals surface area (Å²) in [6.07, 6.45) is 2.20. The molecule has 18 heavy (non-hydrogen) atoms. The highest BCUT2D eigenvalue weighted by Gasteiger charge is 2.15. The van der Waals surface area contributed by atoms with Crippen LogP contribution in [-0.2, 0) is 6.54 Å². The van der Waals surface area contributed by atoms with Gasteiger partial charge in [0.25, 0.3) is 5.69 Å². The molecule has 1 heterocycles. The summed E-state index contributed by atoms with van der Waals surface area (Å²) in [5, 5.41) is 25.5. The number of benzene rings is 1. The lowest BCUT2D eigenvalue weighted by molar-refractivity contribution is -0.384. The molecule has 6 nitrogen and oxygen atoms in total. The molecule has 0 aliphatic rings. The Morgan fingerprint density at radius 2 is 2.22 bits per heavy atom. The minimum atomic E-state index is -0.779. The maximum absolute atomic E-state index is 10.7. The van der Waals surface area contributed by atoms with Crippen molar-refractivity contribution in [1.82, 2.24) is 9.78 Å². The van der Waals surface area contributed by atoms with E-state index in [1.54, 1.807) is 30.8 Å². The Bertz CT molecular complexity index is 584. The Kier molecular flexibility index (Phi) is 3.04. The van der Waals surface area contributed by atoms with E-state index in [0.29, 0.717) is 18.5 Å². The number of rotatable bonds is 4. The maximum Gasteiger partial charge on any atom is 0.271 e. The van der Waals surface area contributed by atoms with Crippen molar-refractivity contribution in [3.05, 3.63) is 34.5 Å². The van der Waals surface area contributed by atoms with Crippen LogP contribution in [-0.4, -0.2) is 25.4 Å². The van der Waals surface area contributed by atoms with Crippen LogP contribution in [0.3, 0.4) is 0 Å². The summed E-state index contributed by atoms with van der Waals surface area (Å²) >= 11 is 0. The van der Waals surface area contributed by atoms with Crippen LogP contribution in [0, 0.1) is 10.1 Å². The standard InChI is InChI=1S/C12H15N3O3/c1-12(2,16)5-6-14-11-7-10(15(17)18)4-3-9(11)8-13-14/h3-4,7-8,16H,5-6H2,1-2H3. The van der Waals surface area contributed by atoms with Gasteiger partial charge in [0.2, 0.25) is 0 Å². The number of aromatic nitrogens is 2. The number of nitrogens with zero attached hydrogens (tertiary/aromatic N) is 3. The summed E-state index contributed by atoms with van der Waals surface area (Å²) in [6.45, 7) is 3.97. The molecule has 0 aliphatic carbocycles. The number of aliphatic hydroxyl groups is 1. The van der Waals surface area contributed by atoms with Gasteiger partial charge in [-0.3, -0.25) is 14.8 Å². The largest absolute Gasteiger partial charge is 0.390 e. The lowest BCUT2D eigenvalue weighted by atomic mass is 10.1. The molecule has 0 bridgehead atoms. The zero-order valence-electron chi connectivity index (χ0n) is 10.3. The third-order valence-electron chi connectivity index (χ3n) is 2.77. The number of nitro groups is 1. The van der Waals surface area contributed by atoms with Crippen molar-refractivity contribution in [2.24, 2.45) is 0 Å². The molecule has 2 rings (SSSR count). The highest BCUT2D eigenvalue weighted by Crippen LogP contribution is 2.21. The normalized spacial score (nSPS) is 11.9. The van der Waals surface area contributed by atoms with Gasteiger partial charge in [-0.1, -0.05) is 0 Å². The Labute approximate surface area is 104 Å². The van der Waals surface area contributed by atoms with Crippen LogP contribution < -0.4 is 0 Å². The molecule has 0 amide bonds. The zero-order valence-corrected chi connectivity index (χ0v) is 10.3. The average molecular weight is 249 g/mol. The molecule has 0 unspecified atom stereocenters. The number of non-ortho nitro benzene ring substituents is 1. The molecule has 0 radical (unpaired) electrons. The molecular formula is C12H15N3O3. The molecule has 1 N–H and O–H groups in total. The predicted octanol–water partition coefficient (Wildman–Crippen LogP) is 2.11. The second kappa shape index (κ2) is 4.38. The van der Waals surface area contributed by atoms with Crippen LogP contribution in [0.15, 0.2) is 24.4 Å². The SMILES string of the molecule is CC(C)(O)CCn1ncc2ccc([N+](=O)[O-])cc21. The van der Waals surface area contributed by atoms with Gasteiger partial charge in [-0.05, 0) is 26.3 Å². The highest BCUT2D eigenvalue weighted by atomic mass is 16.6. The number of hydrogen-bond donors (Lipinski definition) is 1. The lowest BCUT2D eigenvalue weighted by Crippen LogP contribution is -2.21. The summed E-state index contributed by atoms with van der Waals surface area (Å²) in [7, 11) is 0. The van der Waals surface area contributed by atoms with E-state index in [-0.39, 0.29) is 5.69 Å². The minimum Gasteiger partial charge on any atom is -0.390 e. The summed E-state index contributed by atoms with van der Waals surface area (Å²) in [5.74, 6) is 0. The molecule has 96 valence electrons. The van der Waals surface area contributed by atoms with E-state index in [1.165, 1.54) is 12.1 Å². The molecule has 0 atom stereocenters. The fourth-order valence-electron chi connectivity index (χ4n) is 1.73. The topological polar surface area (TPSA) is 81.2 Å². The fourth-order valence-corrected chi connectivity index (χ4v) is 1.73. The molecule has 6 heteroatoms. The van der Waals surface area contributed by atoms with E-state index in [9.17, 15) is 15.2 Å². The van der Waals surface area contributed by atoms with Crippen LogP contribution in [0.25, 0.3) is 10.9 Å². The summed E-state index contributed by atoms with van der Waals surface area (Å²) in [6, 6.07) is 4.65. The third kappa shape index (κ3) is 2.65. The first-order chi connectivity index (χ1) is 8.37. The fraction of sp³-hybridized carbons (Fsp3) is 0.417. The van der Waals surface area contributed by atoms with Crippen molar-refractivity contribution in [3.63, 3.8) is 0 Å². The van der Waals surface area contributed by atoms with Gasteiger partial charge >= 0.3 is 0 Å². The Morgan fingerprint density at radius 1 is 1.50 bits per heavy atom. The van der Waals surface area contributed by atoms with Crippen molar-refractivity contribution in [3.8, 4) is 0 Å².